The Morgan fingerprint density at radius 3 is 1.60 bits per heavy atom. The van der Waals surface area contributed by atoms with E-state index in [2.05, 4.69) is 11.7 Å². The smallest absolute Gasteiger partial charge is 0.297 e. The van der Waals surface area contributed by atoms with Crippen molar-refractivity contribution in [2.24, 2.45) is 0 Å². The molecule has 0 spiro atoms. The molecule has 0 radical (unpaired) electrons. The average Bonchev–Trinajstić information content (AvgIpc) is 2.47. The predicted molar refractivity (Wildman–Crippen MR) is 86.6 cm³/mol. The molecule has 0 amide bonds. The first kappa shape index (κ1) is 19.2. The molecule has 0 unspecified atom stereocenters. The first-order valence-electron chi connectivity index (χ1n) is 8.66. The summed E-state index contributed by atoms with van der Waals surface area (Å²) in [5.74, 6) is 0. The number of ether oxygens (including phenoxy) is 1. The zero-order valence-electron chi connectivity index (χ0n) is 13.4. The summed E-state index contributed by atoms with van der Waals surface area (Å²) < 4.78 is 4.49. The Hall–Kier alpha value is -0.790. The van der Waals surface area contributed by atoms with Crippen molar-refractivity contribution >= 4 is 6.47 Å². The van der Waals surface area contributed by atoms with Crippen molar-refractivity contribution in [3.8, 4) is 0 Å². The van der Waals surface area contributed by atoms with Crippen molar-refractivity contribution < 1.29 is 9.53 Å². The van der Waals surface area contributed by atoms with Crippen LogP contribution in [0.4, 0.5) is 0 Å². The Kier molecular flexibility index (Phi) is 17.5. The van der Waals surface area contributed by atoms with Gasteiger partial charge in [0.25, 0.3) is 6.47 Å². The van der Waals surface area contributed by atoms with Gasteiger partial charge in [0.1, 0.15) is 0 Å². The molecule has 0 fully saturated rings. The van der Waals surface area contributed by atoms with Gasteiger partial charge in [0.2, 0.25) is 0 Å². The molecule has 2 nitrogen and oxygen atoms in total. The van der Waals surface area contributed by atoms with Crippen LogP contribution in [0.3, 0.4) is 0 Å². The molecule has 118 valence electrons. The van der Waals surface area contributed by atoms with Gasteiger partial charge in [-0.25, -0.2) is 0 Å². The summed E-state index contributed by atoms with van der Waals surface area (Å²) in [7, 11) is 0. The van der Waals surface area contributed by atoms with E-state index >= 15 is 0 Å². The van der Waals surface area contributed by atoms with Crippen LogP contribution in [0.5, 0.6) is 0 Å². The summed E-state index contributed by atoms with van der Waals surface area (Å²) in [6.07, 6.45) is 22.4. The molecule has 0 saturated carbocycles. The Bertz CT molecular complexity index is 211. The predicted octanol–water partition coefficient (Wildman–Crippen LogP) is 6.15. The van der Waals surface area contributed by atoms with Gasteiger partial charge in [0.15, 0.2) is 0 Å². The van der Waals surface area contributed by atoms with Crippen molar-refractivity contribution in [2.75, 3.05) is 0 Å². The molecule has 0 aliphatic heterocycles. The van der Waals surface area contributed by atoms with E-state index in [4.69, 9.17) is 0 Å². The molecule has 0 aromatic heterocycles. The van der Waals surface area contributed by atoms with E-state index in [-0.39, 0.29) is 0 Å². The first-order chi connectivity index (χ1) is 9.91. The van der Waals surface area contributed by atoms with Gasteiger partial charge < -0.3 is 4.74 Å². The zero-order valence-corrected chi connectivity index (χ0v) is 13.4. The van der Waals surface area contributed by atoms with E-state index in [9.17, 15) is 4.79 Å². The maximum absolute atomic E-state index is 9.88. The fourth-order valence-corrected chi connectivity index (χ4v) is 2.44. The maximum atomic E-state index is 9.88. The number of hydrogen-bond acceptors (Lipinski definition) is 2. The normalized spacial score (nSPS) is 11.1. The fraction of sp³-hybridized carbons (Fsp3) is 0.833. The van der Waals surface area contributed by atoms with E-state index in [0.717, 1.165) is 6.42 Å². The third-order valence-electron chi connectivity index (χ3n) is 3.70. The van der Waals surface area contributed by atoms with Gasteiger partial charge in [-0.3, -0.25) is 4.79 Å². The van der Waals surface area contributed by atoms with Gasteiger partial charge in [-0.15, -0.1) is 0 Å². The minimum Gasteiger partial charge on any atom is -0.437 e. The van der Waals surface area contributed by atoms with Crippen molar-refractivity contribution in [3.05, 3.63) is 12.3 Å². The Morgan fingerprint density at radius 2 is 1.15 bits per heavy atom. The fourth-order valence-electron chi connectivity index (χ4n) is 2.44. The van der Waals surface area contributed by atoms with Crippen LogP contribution in [0, 0.1) is 0 Å². The molecule has 0 aromatic rings. The summed E-state index contributed by atoms with van der Waals surface area (Å²) in [5, 5.41) is 0. The van der Waals surface area contributed by atoms with Gasteiger partial charge in [-0.2, -0.15) is 0 Å². The number of hydrogen-bond donors (Lipinski definition) is 0. The van der Waals surface area contributed by atoms with Crippen LogP contribution in [0.15, 0.2) is 12.3 Å². The lowest BCUT2D eigenvalue weighted by atomic mass is 10.0. The highest BCUT2D eigenvalue weighted by molar-refractivity contribution is 5.38. The number of rotatable bonds is 16. The molecule has 20 heavy (non-hydrogen) atoms. The molecule has 0 rings (SSSR count). The summed E-state index contributed by atoms with van der Waals surface area (Å²) in [6.45, 7) is 2.73. The number of allylic oxidation sites excluding steroid dienone is 1. The van der Waals surface area contributed by atoms with E-state index < -0.39 is 0 Å². The molecule has 0 heterocycles. The van der Waals surface area contributed by atoms with Gasteiger partial charge >= 0.3 is 0 Å². The lowest BCUT2D eigenvalue weighted by Crippen LogP contribution is -1.82. The summed E-state index contributed by atoms with van der Waals surface area (Å²) in [4.78, 5) is 9.88. The molecular weight excluding hydrogens is 248 g/mol. The minimum absolute atomic E-state index is 0.459. The Labute approximate surface area is 126 Å². The van der Waals surface area contributed by atoms with Crippen molar-refractivity contribution in [2.45, 2.75) is 96.8 Å². The van der Waals surface area contributed by atoms with Crippen LogP contribution < -0.4 is 0 Å². The number of carbonyl (C=O) groups excluding carboxylic acids is 1. The average molecular weight is 282 g/mol. The quantitative estimate of drug-likeness (QED) is 0.193. The number of unbranched alkanes of at least 4 members (excludes halogenated alkanes) is 13. The highest BCUT2D eigenvalue weighted by atomic mass is 16.5. The largest absolute Gasteiger partial charge is 0.437 e. The van der Waals surface area contributed by atoms with Crippen molar-refractivity contribution in [3.63, 3.8) is 0 Å². The molecule has 0 aromatic carbocycles. The number of carbonyl (C=O) groups is 1. The standard InChI is InChI=1S/C18H34O2/c1-2-3-4-5-6-7-8-9-10-11-12-13-14-15-16-17-20-18-19/h16-18H,2-15H2,1H3. The molecule has 0 bridgehead atoms. The minimum atomic E-state index is 0.459. The van der Waals surface area contributed by atoms with Crippen LogP contribution in [0.2, 0.25) is 0 Å². The van der Waals surface area contributed by atoms with Gasteiger partial charge in [0.05, 0.1) is 6.26 Å². The molecule has 0 saturated heterocycles. The summed E-state index contributed by atoms with van der Waals surface area (Å²) in [6, 6.07) is 0. The zero-order chi connectivity index (χ0) is 14.7. The lowest BCUT2D eigenvalue weighted by molar-refractivity contribution is -0.123. The molecule has 0 N–H and O–H groups in total. The van der Waals surface area contributed by atoms with Crippen LogP contribution in [0.25, 0.3) is 0 Å². The highest BCUT2D eigenvalue weighted by Gasteiger charge is 1.93. The van der Waals surface area contributed by atoms with E-state index in [1.54, 1.807) is 0 Å². The molecule has 2 heteroatoms. The highest BCUT2D eigenvalue weighted by Crippen LogP contribution is 2.12. The second kappa shape index (κ2) is 18.2. The molecule has 0 aliphatic carbocycles. The molecule has 0 aliphatic rings. The third-order valence-corrected chi connectivity index (χ3v) is 3.70. The second-order valence-electron chi connectivity index (χ2n) is 5.64. The first-order valence-corrected chi connectivity index (χ1v) is 8.66. The molecule has 0 atom stereocenters. The van der Waals surface area contributed by atoms with Crippen molar-refractivity contribution in [1.29, 1.82) is 0 Å². The summed E-state index contributed by atoms with van der Waals surface area (Å²) in [5.41, 5.74) is 0. The van der Waals surface area contributed by atoms with E-state index in [0.29, 0.717) is 6.47 Å². The third kappa shape index (κ3) is 17.2. The van der Waals surface area contributed by atoms with Crippen LogP contribution in [-0.2, 0) is 9.53 Å². The van der Waals surface area contributed by atoms with E-state index in [1.807, 2.05) is 6.08 Å². The summed E-state index contributed by atoms with van der Waals surface area (Å²) >= 11 is 0. The SMILES string of the molecule is CCCCCCCCCCCCCCCC=COC=O. The topological polar surface area (TPSA) is 26.3 Å². The van der Waals surface area contributed by atoms with Gasteiger partial charge in [0, 0.05) is 0 Å². The van der Waals surface area contributed by atoms with Gasteiger partial charge in [-0.05, 0) is 18.9 Å². The van der Waals surface area contributed by atoms with Crippen molar-refractivity contribution in [1.82, 2.24) is 0 Å². The van der Waals surface area contributed by atoms with Crippen LogP contribution in [-0.4, -0.2) is 6.47 Å². The van der Waals surface area contributed by atoms with Crippen LogP contribution in [0.1, 0.15) is 96.8 Å². The Morgan fingerprint density at radius 1 is 0.700 bits per heavy atom. The maximum Gasteiger partial charge on any atom is 0.297 e. The Balaban J connectivity index is 2.97. The molecular formula is C18H34O2. The van der Waals surface area contributed by atoms with Gasteiger partial charge in [-0.1, -0.05) is 84.0 Å². The monoisotopic (exact) mass is 282 g/mol. The second-order valence-corrected chi connectivity index (χ2v) is 5.64. The lowest BCUT2D eigenvalue weighted by Gasteiger charge is -2.02. The van der Waals surface area contributed by atoms with E-state index in [1.165, 1.54) is 89.7 Å². The van der Waals surface area contributed by atoms with Crippen LogP contribution >= 0.6 is 0 Å².